The van der Waals surface area contributed by atoms with Crippen molar-refractivity contribution in [3.8, 4) is 11.3 Å². The van der Waals surface area contributed by atoms with E-state index >= 15 is 0 Å². The Bertz CT molecular complexity index is 1170. The van der Waals surface area contributed by atoms with Crippen LogP contribution in [0.2, 0.25) is 5.02 Å². The summed E-state index contributed by atoms with van der Waals surface area (Å²) < 4.78 is 5.74. The molecule has 0 spiro atoms. The van der Waals surface area contributed by atoms with E-state index in [1.807, 2.05) is 0 Å². The number of piperidine rings is 1. The van der Waals surface area contributed by atoms with Gasteiger partial charge in [-0.2, -0.15) is 0 Å². The van der Waals surface area contributed by atoms with Crippen LogP contribution in [0.3, 0.4) is 0 Å². The van der Waals surface area contributed by atoms with Crippen LogP contribution in [0.1, 0.15) is 35.9 Å². The largest absolute Gasteiger partial charge is 0.478 e. The number of aromatic carboxylic acids is 1. The zero-order valence-electron chi connectivity index (χ0n) is 17.7. The lowest BCUT2D eigenvalue weighted by molar-refractivity contribution is -0.136. The second-order valence-corrected chi connectivity index (χ2v) is 9.43. The summed E-state index contributed by atoms with van der Waals surface area (Å²) in [4.78, 5) is 51.6. The highest BCUT2D eigenvalue weighted by molar-refractivity contribution is 8.18. The van der Waals surface area contributed by atoms with Crippen molar-refractivity contribution >= 4 is 52.5 Å². The Labute approximate surface area is 199 Å². The number of carboxylic acids is 1. The smallest absolute Gasteiger partial charge is 0.337 e. The molecule has 172 valence electrons. The van der Waals surface area contributed by atoms with E-state index in [2.05, 4.69) is 6.92 Å². The quantitative estimate of drug-likeness (QED) is 0.613. The number of carbonyl (C=O) groups is 4. The van der Waals surface area contributed by atoms with Crippen molar-refractivity contribution < 1.29 is 28.7 Å². The number of carbonyl (C=O) groups excluding carboxylic acids is 3. The van der Waals surface area contributed by atoms with Crippen LogP contribution < -0.4 is 0 Å². The van der Waals surface area contributed by atoms with Crippen LogP contribution in [0.5, 0.6) is 0 Å². The molecule has 2 fully saturated rings. The van der Waals surface area contributed by atoms with Gasteiger partial charge in [0.15, 0.2) is 0 Å². The van der Waals surface area contributed by atoms with Gasteiger partial charge in [-0.3, -0.25) is 19.3 Å². The number of carboxylic acid groups (broad SMARTS) is 1. The Morgan fingerprint density at radius 1 is 1.21 bits per heavy atom. The van der Waals surface area contributed by atoms with Crippen molar-refractivity contribution in [2.45, 2.75) is 19.8 Å². The molecule has 4 rings (SSSR count). The molecule has 3 amide bonds. The summed E-state index contributed by atoms with van der Waals surface area (Å²) in [5.41, 5.74) is 0.550. The van der Waals surface area contributed by atoms with Gasteiger partial charge >= 0.3 is 5.97 Å². The van der Waals surface area contributed by atoms with Crippen LogP contribution in [0.4, 0.5) is 4.79 Å². The van der Waals surface area contributed by atoms with Crippen molar-refractivity contribution in [3.63, 3.8) is 0 Å². The highest BCUT2D eigenvalue weighted by Crippen LogP contribution is 2.34. The molecule has 2 aliphatic heterocycles. The molecular weight excluding hydrogens is 468 g/mol. The van der Waals surface area contributed by atoms with Gasteiger partial charge in [-0.15, -0.1) is 0 Å². The molecule has 0 bridgehead atoms. The van der Waals surface area contributed by atoms with Gasteiger partial charge in [0.05, 0.1) is 15.5 Å². The van der Waals surface area contributed by atoms with E-state index in [0.29, 0.717) is 36.1 Å². The Morgan fingerprint density at radius 3 is 2.61 bits per heavy atom. The van der Waals surface area contributed by atoms with Gasteiger partial charge in [-0.1, -0.05) is 24.6 Å². The van der Waals surface area contributed by atoms with Crippen molar-refractivity contribution in [2.24, 2.45) is 5.92 Å². The van der Waals surface area contributed by atoms with Gasteiger partial charge in [0.25, 0.3) is 11.1 Å². The Balaban J connectivity index is 1.46. The summed E-state index contributed by atoms with van der Waals surface area (Å²) >= 11 is 6.78. The van der Waals surface area contributed by atoms with Crippen LogP contribution in [-0.2, 0) is 9.59 Å². The van der Waals surface area contributed by atoms with Gasteiger partial charge < -0.3 is 14.4 Å². The van der Waals surface area contributed by atoms with Crippen molar-refractivity contribution in [1.82, 2.24) is 9.80 Å². The highest BCUT2D eigenvalue weighted by Gasteiger charge is 2.37. The monoisotopic (exact) mass is 488 g/mol. The van der Waals surface area contributed by atoms with Gasteiger partial charge in [-0.25, -0.2) is 4.79 Å². The van der Waals surface area contributed by atoms with E-state index in [1.54, 1.807) is 23.1 Å². The van der Waals surface area contributed by atoms with E-state index in [0.717, 1.165) is 29.5 Å². The van der Waals surface area contributed by atoms with E-state index in [9.17, 15) is 19.2 Å². The molecule has 2 saturated heterocycles. The fraction of sp³-hybridized carbons (Fsp3) is 0.304. The van der Waals surface area contributed by atoms with Crippen LogP contribution in [0, 0.1) is 5.92 Å². The maximum Gasteiger partial charge on any atom is 0.337 e. The maximum absolute atomic E-state index is 12.7. The molecule has 0 aliphatic carbocycles. The van der Waals surface area contributed by atoms with Gasteiger partial charge in [0, 0.05) is 24.7 Å². The number of amides is 3. The first-order valence-corrected chi connectivity index (χ1v) is 11.6. The molecule has 3 heterocycles. The number of furan rings is 1. The van der Waals surface area contributed by atoms with Gasteiger partial charge in [0.2, 0.25) is 5.91 Å². The van der Waals surface area contributed by atoms with Crippen molar-refractivity contribution in [2.75, 3.05) is 19.6 Å². The molecule has 0 unspecified atom stereocenters. The lowest BCUT2D eigenvalue weighted by Gasteiger charge is -2.31. The molecule has 1 aromatic carbocycles. The lowest BCUT2D eigenvalue weighted by atomic mass is 9.99. The third-order valence-corrected chi connectivity index (χ3v) is 6.91. The fourth-order valence-corrected chi connectivity index (χ4v) is 4.77. The van der Waals surface area contributed by atoms with Crippen molar-refractivity contribution in [3.05, 3.63) is 51.6 Å². The molecule has 0 atom stereocenters. The molecule has 2 aromatic rings. The molecule has 8 nitrogen and oxygen atoms in total. The number of halogens is 1. The third-order valence-electron chi connectivity index (χ3n) is 5.69. The number of benzene rings is 1. The van der Waals surface area contributed by atoms with Gasteiger partial charge in [-0.05, 0) is 54.8 Å². The molecule has 2 aliphatic rings. The second-order valence-electron chi connectivity index (χ2n) is 8.03. The zero-order chi connectivity index (χ0) is 23.7. The molecule has 33 heavy (non-hydrogen) atoms. The average molecular weight is 489 g/mol. The molecular formula is C23H21ClN2O6S. The summed E-state index contributed by atoms with van der Waals surface area (Å²) in [5, 5.41) is 8.68. The summed E-state index contributed by atoms with van der Waals surface area (Å²) in [5.74, 6) is -0.559. The number of rotatable bonds is 5. The standard InChI is InChI=1S/C23H21ClN2O6S/c1-13-6-8-25(9-7-13)20(27)12-26-21(28)19(33-23(26)31)11-15-3-5-18(32-15)14-2-4-16(22(29)30)17(24)10-14/h2-5,10-11,13H,6-9,12H2,1H3,(H,29,30)/b19-11-. The predicted octanol–water partition coefficient (Wildman–Crippen LogP) is 4.59. The minimum Gasteiger partial charge on any atom is -0.478 e. The fourth-order valence-electron chi connectivity index (χ4n) is 3.69. The molecule has 0 saturated carbocycles. The first-order chi connectivity index (χ1) is 15.7. The van der Waals surface area contributed by atoms with E-state index in [1.165, 1.54) is 18.2 Å². The summed E-state index contributed by atoms with van der Waals surface area (Å²) in [6, 6.07) is 7.71. The summed E-state index contributed by atoms with van der Waals surface area (Å²) in [6.07, 6.45) is 3.28. The SMILES string of the molecule is CC1CCN(C(=O)CN2C(=O)S/C(=C\c3ccc(-c4ccc(C(=O)O)c(Cl)c4)o3)C2=O)CC1. The van der Waals surface area contributed by atoms with Gasteiger partial charge in [0.1, 0.15) is 18.1 Å². The summed E-state index contributed by atoms with van der Waals surface area (Å²) in [7, 11) is 0. The number of imide groups is 1. The van der Waals surface area contributed by atoms with E-state index in [4.69, 9.17) is 21.1 Å². The zero-order valence-corrected chi connectivity index (χ0v) is 19.3. The number of nitrogens with zero attached hydrogens (tertiary/aromatic N) is 2. The lowest BCUT2D eigenvalue weighted by Crippen LogP contribution is -2.45. The first-order valence-electron chi connectivity index (χ1n) is 10.4. The number of hydrogen-bond acceptors (Lipinski definition) is 6. The minimum atomic E-state index is -1.13. The molecule has 1 aromatic heterocycles. The first kappa shape index (κ1) is 23.1. The highest BCUT2D eigenvalue weighted by atomic mass is 35.5. The van der Waals surface area contributed by atoms with Crippen molar-refractivity contribution in [1.29, 1.82) is 0 Å². The van der Waals surface area contributed by atoms with Crippen LogP contribution in [0.15, 0.2) is 39.7 Å². The Kier molecular flexibility index (Phi) is 6.62. The summed E-state index contributed by atoms with van der Waals surface area (Å²) in [6.45, 7) is 3.15. The maximum atomic E-state index is 12.7. The number of thioether (sulfide) groups is 1. The molecule has 10 heteroatoms. The van der Waals surface area contributed by atoms with Crippen LogP contribution >= 0.6 is 23.4 Å². The van der Waals surface area contributed by atoms with E-state index in [-0.39, 0.29) is 27.9 Å². The minimum absolute atomic E-state index is 0.0190. The number of likely N-dealkylation sites (tertiary alicyclic amines) is 1. The molecule has 1 N–H and O–H groups in total. The van der Waals surface area contributed by atoms with Crippen LogP contribution in [0.25, 0.3) is 17.4 Å². The Hall–Kier alpha value is -3.04. The van der Waals surface area contributed by atoms with E-state index < -0.39 is 17.1 Å². The third kappa shape index (κ3) is 4.99. The predicted molar refractivity (Wildman–Crippen MR) is 124 cm³/mol. The normalized spacial score (nSPS) is 18.4. The van der Waals surface area contributed by atoms with Crippen LogP contribution in [-0.4, -0.2) is 57.6 Å². The number of hydrogen-bond donors (Lipinski definition) is 1. The second kappa shape index (κ2) is 9.44. The Morgan fingerprint density at radius 2 is 1.94 bits per heavy atom. The molecule has 0 radical (unpaired) electrons. The topological polar surface area (TPSA) is 108 Å². The average Bonchev–Trinajstić information content (AvgIpc) is 3.34.